The molecular formula is C25H27NO6S. The molecule has 1 fully saturated rings. The number of aryl methyl sites for hydroxylation is 2. The van der Waals surface area contributed by atoms with Crippen molar-refractivity contribution in [2.75, 3.05) is 18.1 Å². The molecule has 4 rings (SSSR count). The first kappa shape index (κ1) is 23.0. The second kappa shape index (κ2) is 9.02. The summed E-state index contributed by atoms with van der Waals surface area (Å²) in [6.45, 7) is 6.39. The molecule has 1 aromatic heterocycles. The van der Waals surface area contributed by atoms with Gasteiger partial charge in [-0.3, -0.25) is 9.59 Å². The summed E-state index contributed by atoms with van der Waals surface area (Å²) >= 11 is 0. The van der Waals surface area contributed by atoms with Crippen molar-refractivity contribution in [3.63, 3.8) is 0 Å². The van der Waals surface area contributed by atoms with E-state index in [-0.39, 0.29) is 29.2 Å². The summed E-state index contributed by atoms with van der Waals surface area (Å²) in [6.07, 6.45) is 0.348. The number of fused-ring (bicyclic) bond motifs is 1. The molecule has 1 aliphatic heterocycles. The van der Waals surface area contributed by atoms with Crippen molar-refractivity contribution in [2.24, 2.45) is 0 Å². The van der Waals surface area contributed by atoms with E-state index in [9.17, 15) is 18.0 Å². The van der Waals surface area contributed by atoms with E-state index < -0.39 is 21.8 Å². The maximum Gasteiger partial charge on any atom is 0.290 e. The van der Waals surface area contributed by atoms with Gasteiger partial charge in [0.1, 0.15) is 11.3 Å². The molecule has 0 bridgehead atoms. The predicted molar refractivity (Wildman–Crippen MR) is 127 cm³/mol. The van der Waals surface area contributed by atoms with Gasteiger partial charge in [-0.15, -0.1) is 0 Å². The van der Waals surface area contributed by atoms with Crippen LogP contribution in [0.4, 0.5) is 0 Å². The maximum absolute atomic E-state index is 13.6. The monoisotopic (exact) mass is 469 g/mol. The van der Waals surface area contributed by atoms with E-state index >= 15 is 0 Å². The van der Waals surface area contributed by atoms with Gasteiger partial charge in [0.05, 0.1) is 23.5 Å². The highest BCUT2D eigenvalue weighted by Gasteiger charge is 2.36. The van der Waals surface area contributed by atoms with Crippen LogP contribution in [-0.2, 0) is 16.4 Å². The number of nitrogens with zero attached hydrogens (tertiary/aromatic N) is 1. The zero-order chi connectivity index (χ0) is 23.8. The highest BCUT2D eigenvalue weighted by atomic mass is 32.2. The van der Waals surface area contributed by atoms with Crippen molar-refractivity contribution >= 4 is 26.7 Å². The number of sulfone groups is 1. The van der Waals surface area contributed by atoms with Crippen LogP contribution in [0.15, 0.2) is 51.7 Å². The topological polar surface area (TPSA) is 93.9 Å². The molecular weight excluding hydrogens is 442 g/mol. The molecule has 174 valence electrons. The molecule has 0 spiro atoms. The number of carbonyl (C=O) groups excluding carboxylic acids is 1. The lowest BCUT2D eigenvalue weighted by Gasteiger charge is -2.28. The Kier molecular flexibility index (Phi) is 6.30. The highest BCUT2D eigenvalue weighted by Crippen LogP contribution is 2.25. The lowest BCUT2D eigenvalue weighted by Crippen LogP contribution is -2.40. The largest absolute Gasteiger partial charge is 0.494 e. The smallest absolute Gasteiger partial charge is 0.290 e. The fraction of sp³-hybridized carbons (Fsp3) is 0.360. The molecule has 1 atom stereocenters. The second-order valence-corrected chi connectivity index (χ2v) is 10.7. The quantitative estimate of drug-likeness (QED) is 0.547. The highest BCUT2D eigenvalue weighted by molar-refractivity contribution is 7.91. The van der Waals surface area contributed by atoms with Crippen LogP contribution in [0.25, 0.3) is 11.0 Å². The molecule has 1 aliphatic rings. The van der Waals surface area contributed by atoms with Crippen molar-refractivity contribution in [3.8, 4) is 5.75 Å². The van der Waals surface area contributed by atoms with E-state index in [1.54, 1.807) is 6.07 Å². The van der Waals surface area contributed by atoms with Crippen molar-refractivity contribution in [1.82, 2.24) is 4.90 Å². The Hall–Kier alpha value is -3.13. The Balaban J connectivity index is 1.73. The summed E-state index contributed by atoms with van der Waals surface area (Å²) < 4.78 is 35.7. The lowest BCUT2D eigenvalue weighted by atomic mass is 10.1. The fourth-order valence-electron chi connectivity index (χ4n) is 4.14. The zero-order valence-corrected chi connectivity index (χ0v) is 19.8. The third kappa shape index (κ3) is 4.80. The lowest BCUT2D eigenvalue weighted by molar-refractivity contribution is 0.0648. The van der Waals surface area contributed by atoms with Gasteiger partial charge in [-0.05, 0) is 62.1 Å². The molecule has 33 heavy (non-hydrogen) atoms. The second-order valence-electron chi connectivity index (χ2n) is 8.43. The average Bonchev–Trinajstić information content (AvgIpc) is 3.15. The van der Waals surface area contributed by atoms with E-state index in [2.05, 4.69) is 0 Å². The van der Waals surface area contributed by atoms with Crippen molar-refractivity contribution in [2.45, 2.75) is 39.8 Å². The standard InChI is InChI=1S/C25H27NO6S/c1-4-31-20-8-6-18(7-9-20)14-26(19-11-12-33(29,30)15-19)25(28)23-13-22(27)21-10-5-16(2)17(3)24(21)32-23/h5-10,13,19H,4,11-12,14-15H2,1-3H3/t19-/m0/s1. The first-order valence-electron chi connectivity index (χ1n) is 11.0. The van der Waals surface area contributed by atoms with E-state index in [1.165, 1.54) is 11.0 Å². The molecule has 2 aromatic carbocycles. The molecule has 2 heterocycles. The Labute approximate surface area is 192 Å². The van der Waals surface area contributed by atoms with Crippen LogP contribution >= 0.6 is 0 Å². The van der Waals surface area contributed by atoms with Crippen LogP contribution < -0.4 is 10.2 Å². The molecule has 0 aliphatic carbocycles. The zero-order valence-electron chi connectivity index (χ0n) is 19.0. The van der Waals surface area contributed by atoms with Gasteiger partial charge in [0.2, 0.25) is 0 Å². The number of benzene rings is 2. The maximum atomic E-state index is 13.6. The van der Waals surface area contributed by atoms with Crippen LogP contribution in [0.5, 0.6) is 5.75 Å². The number of hydrogen-bond donors (Lipinski definition) is 0. The third-order valence-corrected chi connectivity index (χ3v) is 7.87. The summed E-state index contributed by atoms with van der Waals surface area (Å²) in [7, 11) is -3.22. The molecule has 3 aromatic rings. The van der Waals surface area contributed by atoms with E-state index in [0.29, 0.717) is 29.7 Å². The Bertz CT molecular complexity index is 1360. The molecule has 7 nitrogen and oxygen atoms in total. The van der Waals surface area contributed by atoms with Gasteiger partial charge in [0.25, 0.3) is 5.91 Å². The van der Waals surface area contributed by atoms with Crippen LogP contribution in [0.3, 0.4) is 0 Å². The Morgan fingerprint density at radius 3 is 2.52 bits per heavy atom. The summed E-state index contributed by atoms with van der Waals surface area (Å²) in [6, 6.07) is 11.6. The predicted octanol–water partition coefficient (Wildman–Crippen LogP) is 3.64. The Morgan fingerprint density at radius 2 is 1.88 bits per heavy atom. The normalized spacial score (nSPS) is 17.2. The number of hydrogen-bond acceptors (Lipinski definition) is 6. The minimum Gasteiger partial charge on any atom is -0.494 e. The molecule has 0 unspecified atom stereocenters. The van der Waals surface area contributed by atoms with Crippen molar-refractivity contribution < 1.29 is 22.4 Å². The van der Waals surface area contributed by atoms with Gasteiger partial charge in [-0.1, -0.05) is 18.2 Å². The van der Waals surface area contributed by atoms with E-state index in [1.807, 2.05) is 51.1 Å². The summed E-state index contributed by atoms with van der Waals surface area (Å²) in [4.78, 5) is 27.8. The van der Waals surface area contributed by atoms with E-state index in [4.69, 9.17) is 9.15 Å². The van der Waals surface area contributed by atoms with Crippen molar-refractivity contribution in [1.29, 1.82) is 0 Å². The number of carbonyl (C=O) groups is 1. The van der Waals surface area contributed by atoms with E-state index in [0.717, 1.165) is 16.7 Å². The van der Waals surface area contributed by atoms with Crippen LogP contribution in [0.2, 0.25) is 0 Å². The van der Waals surface area contributed by atoms with Gasteiger partial charge < -0.3 is 14.1 Å². The SMILES string of the molecule is CCOc1ccc(CN(C(=O)c2cc(=O)c3ccc(C)c(C)c3o2)[C@H]2CCS(=O)(=O)C2)cc1. The van der Waals surface area contributed by atoms with Gasteiger partial charge in [0, 0.05) is 18.7 Å². The molecule has 0 N–H and O–H groups in total. The summed E-state index contributed by atoms with van der Waals surface area (Å²) in [5.74, 6) is 0.0624. The average molecular weight is 470 g/mol. The Morgan fingerprint density at radius 1 is 1.15 bits per heavy atom. The minimum atomic E-state index is -3.22. The molecule has 1 amide bonds. The number of rotatable bonds is 6. The van der Waals surface area contributed by atoms with Gasteiger partial charge in [-0.25, -0.2) is 8.42 Å². The van der Waals surface area contributed by atoms with Crippen LogP contribution in [0.1, 0.15) is 40.6 Å². The molecule has 0 saturated carbocycles. The molecule has 0 radical (unpaired) electrons. The van der Waals surface area contributed by atoms with Crippen LogP contribution in [-0.4, -0.2) is 43.4 Å². The summed E-state index contributed by atoms with van der Waals surface area (Å²) in [5.41, 5.74) is 2.64. The first-order chi connectivity index (χ1) is 15.7. The van der Waals surface area contributed by atoms with Gasteiger partial charge in [-0.2, -0.15) is 0 Å². The van der Waals surface area contributed by atoms with Crippen molar-refractivity contribution in [3.05, 3.63) is 75.1 Å². The minimum absolute atomic E-state index is 0.0324. The summed E-state index contributed by atoms with van der Waals surface area (Å²) in [5, 5.41) is 0.413. The third-order valence-electron chi connectivity index (χ3n) is 6.12. The fourth-order valence-corrected chi connectivity index (χ4v) is 5.87. The number of ether oxygens (including phenoxy) is 1. The molecule has 1 saturated heterocycles. The van der Waals surface area contributed by atoms with Crippen LogP contribution in [0, 0.1) is 13.8 Å². The number of amides is 1. The molecule has 8 heteroatoms. The van der Waals surface area contributed by atoms with Gasteiger partial charge in [0.15, 0.2) is 21.0 Å². The van der Waals surface area contributed by atoms with Gasteiger partial charge >= 0.3 is 0 Å². The first-order valence-corrected chi connectivity index (χ1v) is 12.8.